The van der Waals surface area contributed by atoms with Crippen molar-refractivity contribution in [3.05, 3.63) is 10.2 Å². The normalized spacial score (nSPS) is 16.1. The summed E-state index contributed by atoms with van der Waals surface area (Å²) in [5.41, 5.74) is 1.12. The fraction of sp³-hybridized carbons (Fsp3) is 0.733. The average molecular weight is 341 g/mol. The first kappa shape index (κ1) is 15.5. The van der Waals surface area contributed by atoms with Crippen LogP contribution in [0.3, 0.4) is 0 Å². The minimum Gasteiger partial charge on any atom is -0.369 e. The van der Waals surface area contributed by atoms with E-state index in [0.717, 1.165) is 54.4 Å². The van der Waals surface area contributed by atoms with Gasteiger partial charge in [-0.1, -0.05) is 26.2 Å². The molecule has 112 valence electrons. The molecular weight excluding hydrogens is 316 g/mol. The molecule has 0 unspecified atom stereocenters. The number of rotatable bonds is 5. The van der Waals surface area contributed by atoms with Crippen molar-refractivity contribution >= 4 is 27.7 Å². The van der Waals surface area contributed by atoms with E-state index in [-0.39, 0.29) is 0 Å². The second kappa shape index (κ2) is 7.81. The summed E-state index contributed by atoms with van der Waals surface area (Å²) in [7, 11) is 0. The molecule has 4 nitrogen and oxygen atoms in total. The SMILES string of the molecule is CCCc1nc(N2CCCCCC2)nc(NCC)c1Br. The summed E-state index contributed by atoms with van der Waals surface area (Å²) in [6, 6.07) is 0. The Morgan fingerprint density at radius 2 is 1.80 bits per heavy atom. The third-order valence-corrected chi connectivity index (χ3v) is 4.46. The number of nitrogens with zero attached hydrogens (tertiary/aromatic N) is 3. The van der Waals surface area contributed by atoms with E-state index in [1.807, 2.05) is 0 Å². The third kappa shape index (κ3) is 3.84. The molecule has 1 saturated heterocycles. The van der Waals surface area contributed by atoms with Crippen LogP contribution in [0.1, 0.15) is 51.6 Å². The smallest absolute Gasteiger partial charge is 0.227 e. The molecule has 20 heavy (non-hydrogen) atoms. The molecule has 0 amide bonds. The van der Waals surface area contributed by atoms with Crippen LogP contribution in [0.25, 0.3) is 0 Å². The van der Waals surface area contributed by atoms with Crippen molar-refractivity contribution in [2.24, 2.45) is 0 Å². The Bertz CT molecular complexity index is 401. The number of nitrogens with one attached hydrogen (secondary N) is 1. The third-order valence-electron chi connectivity index (χ3n) is 3.63. The minimum atomic E-state index is 0.876. The van der Waals surface area contributed by atoms with Crippen molar-refractivity contribution in [2.75, 3.05) is 29.9 Å². The van der Waals surface area contributed by atoms with Crippen LogP contribution >= 0.6 is 15.9 Å². The predicted molar refractivity (Wildman–Crippen MR) is 88.6 cm³/mol. The number of aromatic nitrogens is 2. The molecule has 0 aliphatic carbocycles. The van der Waals surface area contributed by atoms with Gasteiger partial charge in [0.15, 0.2) is 0 Å². The number of aryl methyl sites for hydroxylation is 1. The molecule has 1 aliphatic rings. The zero-order valence-electron chi connectivity index (χ0n) is 12.6. The van der Waals surface area contributed by atoms with Crippen LogP contribution in [-0.4, -0.2) is 29.6 Å². The van der Waals surface area contributed by atoms with E-state index in [0.29, 0.717) is 0 Å². The van der Waals surface area contributed by atoms with Crippen LogP contribution in [0.4, 0.5) is 11.8 Å². The molecule has 1 fully saturated rings. The molecule has 2 rings (SSSR count). The van der Waals surface area contributed by atoms with Crippen LogP contribution in [-0.2, 0) is 6.42 Å². The molecule has 1 N–H and O–H groups in total. The molecule has 0 spiro atoms. The summed E-state index contributed by atoms with van der Waals surface area (Å²) in [6.07, 6.45) is 7.24. The van der Waals surface area contributed by atoms with Crippen molar-refractivity contribution < 1.29 is 0 Å². The Balaban J connectivity index is 2.30. The lowest BCUT2D eigenvalue weighted by Gasteiger charge is -2.22. The fourth-order valence-corrected chi connectivity index (χ4v) is 3.10. The van der Waals surface area contributed by atoms with E-state index in [2.05, 4.69) is 40.0 Å². The molecule has 1 aromatic heterocycles. The Morgan fingerprint density at radius 1 is 1.10 bits per heavy atom. The monoisotopic (exact) mass is 340 g/mol. The van der Waals surface area contributed by atoms with Crippen LogP contribution in [0.5, 0.6) is 0 Å². The zero-order valence-corrected chi connectivity index (χ0v) is 14.2. The predicted octanol–water partition coefficient (Wildman–Crippen LogP) is 4.00. The highest BCUT2D eigenvalue weighted by Crippen LogP contribution is 2.28. The molecular formula is C15H25BrN4. The first-order valence-electron chi connectivity index (χ1n) is 7.81. The largest absolute Gasteiger partial charge is 0.369 e. The lowest BCUT2D eigenvalue weighted by molar-refractivity contribution is 0.726. The van der Waals surface area contributed by atoms with Gasteiger partial charge in [0.05, 0.1) is 10.2 Å². The molecule has 0 aromatic carbocycles. The number of hydrogen-bond donors (Lipinski definition) is 1. The van der Waals surface area contributed by atoms with Crippen molar-refractivity contribution in [3.8, 4) is 0 Å². The van der Waals surface area contributed by atoms with Crippen molar-refractivity contribution in [2.45, 2.75) is 52.4 Å². The van der Waals surface area contributed by atoms with Gasteiger partial charge in [-0.25, -0.2) is 4.98 Å². The lowest BCUT2D eigenvalue weighted by Crippen LogP contribution is -2.27. The molecule has 5 heteroatoms. The van der Waals surface area contributed by atoms with Crippen LogP contribution in [0.15, 0.2) is 4.47 Å². The molecule has 0 saturated carbocycles. The Labute approximate surface area is 130 Å². The van der Waals surface area contributed by atoms with E-state index >= 15 is 0 Å². The van der Waals surface area contributed by atoms with Crippen molar-refractivity contribution in [3.63, 3.8) is 0 Å². The molecule has 2 heterocycles. The summed E-state index contributed by atoms with van der Waals surface area (Å²) in [6.45, 7) is 7.32. The fourth-order valence-electron chi connectivity index (χ4n) is 2.58. The van der Waals surface area contributed by atoms with E-state index in [4.69, 9.17) is 9.97 Å². The maximum absolute atomic E-state index is 4.80. The van der Waals surface area contributed by atoms with Gasteiger partial charge >= 0.3 is 0 Å². The Kier molecular flexibility index (Phi) is 6.07. The quantitative estimate of drug-likeness (QED) is 0.879. The van der Waals surface area contributed by atoms with Gasteiger partial charge in [-0.05, 0) is 42.1 Å². The standard InChI is InChI=1S/C15H25BrN4/c1-3-9-12-13(16)14(17-4-2)19-15(18-12)20-10-7-5-6-8-11-20/h3-11H2,1-2H3,(H,17,18,19). The average Bonchev–Trinajstić information content (AvgIpc) is 2.72. The van der Waals surface area contributed by atoms with Gasteiger partial charge in [-0.15, -0.1) is 0 Å². The van der Waals surface area contributed by atoms with E-state index < -0.39 is 0 Å². The highest BCUT2D eigenvalue weighted by molar-refractivity contribution is 9.10. The molecule has 1 aliphatic heterocycles. The van der Waals surface area contributed by atoms with Gasteiger partial charge < -0.3 is 10.2 Å². The van der Waals surface area contributed by atoms with Gasteiger partial charge in [-0.2, -0.15) is 4.98 Å². The molecule has 0 bridgehead atoms. The first-order valence-corrected chi connectivity index (χ1v) is 8.60. The van der Waals surface area contributed by atoms with Crippen LogP contribution in [0, 0.1) is 0 Å². The van der Waals surface area contributed by atoms with Crippen molar-refractivity contribution in [1.82, 2.24) is 9.97 Å². The van der Waals surface area contributed by atoms with Gasteiger partial charge in [-0.3, -0.25) is 0 Å². The number of anilines is 2. The minimum absolute atomic E-state index is 0.876. The lowest BCUT2D eigenvalue weighted by atomic mass is 10.2. The second-order valence-electron chi connectivity index (χ2n) is 5.31. The maximum atomic E-state index is 4.80. The van der Waals surface area contributed by atoms with Gasteiger partial charge in [0, 0.05) is 19.6 Å². The van der Waals surface area contributed by atoms with Gasteiger partial charge in [0.25, 0.3) is 0 Å². The summed E-state index contributed by atoms with van der Waals surface area (Å²) in [5.74, 6) is 1.83. The second-order valence-corrected chi connectivity index (χ2v) is 6.11. The summed E-state index contributed by atoms with van der Waals surface area (Å²) < 4.78 is 1.03. The zero-order chi connectivity index (χ0) is 14.4. The topological polar surface area (TPSA) is 41.1 Å². The van der Waals surface area contributed by atoms with Crippen LogP contribution < -0.4 is 10.2 Å². The highest BCUT2D eigenvalue weighted by Gasteiger charge is 2.17. The van der Waals surface area contributed by atoms with E-state index in [1.165, 1.54) is 25.7 Å². The first-order chi connectivity index (χ1) is 9.76. The van der Waals surface area contributed by atoms with E-state index in [9.17, 15) is 0 Å². The Morgan fingerprint density at radius 3 is 2.40 bits per heavy atom. The highest BCUT2D eigenvalue weighted by atomic mass is 79.9. The Hall–Kier alpha value is -0.840. The van der Waals surface area contributed by atoms with Gasteiger partial charge in [0.1, 0.15) is 5.82 Å². The molecule has 0 atom stereocenters. The van der Waals surface area contributed by atoms with E-state index in [1.54, 1.807) is 0 Å². The van der Waals surface area contributed by atoms with Gasteiger partial charge in [0.2, 0.25) is 5.95 Å². The number of halogens is 1. The summed E-state index contributed by atoms with van der Waals surface area (Å²) in [5, 5.41) is 3.35. The molecule has 0 radical (unpaired) electrons. The number of hydrogen-bond acceptors (Lipinski definition) is 4. The van der Waals surface area contributed by atoms with Crippen LogP contribution in [0.2, 0.25) is 0 Å². The summed E-state index contributed by atoms with van der Waals surface area (Å²) >= 11 is 3.65. The molecule has 1 aromatic rings. The maximum Gasteiger partial charge on any atom is 0.227 e. The van der Waals surface area contributed by atoms with Crippen molar-refractivity contribution in [1.29, 1.82) is 0 Å². The summed E-state index contributed by atoms with van der Waals surface area (Å²) in [4.78, 5) is 11.9.